The van der Waals surface area contributed by atoms with Crippen molar-refractivity contribution in [3.63, 3.8) is 0 Å². The molecule has 0 atom stereocenters. The zero-order valence-electron chi connectivity index (χ0n) is 16.1. The van der Waals surface area contributed by atoms with E-state index < -0.39 is 0 Å². The first-order valence-corrected chi connectivity index (χ1v) is 9.58. The molecule has 0 heterocycles. The summed E-state index contributed by atoms with van der Waals surface area (Å²) in [6, 6.07) is 17.2. The van der Waals surface area contributed by atoms with Crippen molar-refractivity contribution in [3.8, 4) is 0 Å². The summed E-state index contributed by atoms with van der Waals surface area (Å²) in [5.74, 6) is 0. The molecule has 0 aliphatic carbocycles. The van der Waals surface area contributed by atoms with E-state index in [0.29, 0.717) is 0 Å². The Labute approximate surface area is 159 Å². The van der Waals surface area contributed by atoms with Crippen LogP contribution in [0.5, 0.6) is 0 Å². The van der Waals surface area contributed by atoms with Gasteiger partial charge in [0.1, 0.15) is 0 Å². The Kier molecular flexibility index (Phi) is 8.08. The van der Waals surface area contributed by atoms with Crippen LogP contribution < -0.4 is 0 Å². The van der Waals surface area contributed by atoms with Crippen molar-refractivity contribution in [2.45, 2.75) is 51.9 Å². The van der Waals surface area contributed by atoms with Crippen LogP contribution in [0.25, 0.3) is 5.57 Å². The standard InChI is InChI=1S/C25H31N/c1-4-5-6-7-8-9-25(26)19-23-14-16-24(17-15-23)21(3)18-22-12-10-20(2)11-13-22/h4,10-17,26H,1,3,5-9,18-19H2,2H3. The Hall–Kier alpha value is -2.41. The molecular formula is C25H31N. The number of aryl methyl sites for hydroxylation is 1. The summed E-state index contributed by atoms with van der Waals surface area (Å²) in [4.78, 5) is 0. The molecule has 136 valence electrons. The highest BCUT2D eigenvalue weighted by atomic mass is 14.4. The van der Waals surface area contributed by atoms with Crippen molar-refractivity contribution >= 4 is 11.3 Å². The molecular weight excluding hydrogens is 314 g/mol. The second-order valence-corrected chi connectivity index (χ2v) is 7.13. The summed E-state index contributed by atoms with van der Waals surface area (Å²) in [6.07, 6.45) is 9.07. The van der Waals surface area contributed by atoms with Crippen LogP contribution in [0.4, 0.5) is 0 Å². The van der Waals surface area contributed by atoms with Gasteiger partial charge in [0.2, 0.25) is 0 Å². The third-order valence-corrected chi connectivity index (χ3v) is 4.70. The number of benzene rings is 2. The molecule has 0 aliphatic heterocycles. The van der Waals surface area contributed by atoms with E-state index >= 15 is 0 Å². The van der Waals surface area contributed by atoms with Crippen LogP contribution in [0.15, 0.2) is 67.8 Å². The minimum atomic E-state index is 0.756. The van der Waals surface area contributed by atoms with Gasteiger partial charge >= 0.3 is 0 Å². The van der Waals surface area contributed by atoms with E-state index in [1.54, 1.807) is 0 Å². The molecule has 1 heteroatoms. The number of rotatable bonds is 11. The Bertz CT molecular complexity index is 720. The SMILES string of the molecule is C=CCCCCCC(=N)Cc1ccc(C(=C)Cc2ccc(C)cc2)cc1. The second-order valence-electron chi connectivity index (χ2n) is 7.13. The van der Waals surface area contributed by atoms with Gasteiger partial charge in [-0.25, -0.2) is 0 Å². The molecule has 1 nitrogen and oxygen atoms in total. The Morgan fingerprint density at radius 1 is 0.885 bits per heavy atom. The molecule has 2 aromatic rings. The van der Waals surface area contributed by atoms with Crippen molar-refractivity contribution in [2.75, 3.05) is 0 Å². The van der Waals surface area contributed by atoms with Gasteiger partial charge in [0, 0.05) is 12.1 Å². The first-order chi connectivity index (χ1) is 12.6. The zero-order chi connectivity index (χ0) is 18.8. The van der Waals surface area contributed by atoms with Gasteiger partial charge in [-0.05, 0) is 61.3 Å². The maximum absolute atomic E-state index is 8.17. The molecule has 0 amide bonds. The van der Waals surface area contributed by atoms with Gasteiger partial charge in [-0.3, -0.25) is 0 Å². The summed E-state index contributed by atoms with van der Waals surface area (Å²) in [7, 11) is 0. The largest absolute Gasteiger partial charge is 0.309 e. The van der Waals surface area contributed by atoms with E-state index in [-0.39, 0.29) is 0 Å². The van der Waals surface area contributed by atoms with Gasteiger partial charge in [-0.2, -0.15) is 0 Å². The first-order valence-electron chi connectivity index (χ1n) is 9.58. The van der Waals surface area contributed by atoms with Gasteiger partial charge in [0.15, 0.2) is 0 Å². The molecule has 1 N–H and O–H groups in total. The van der Waals surface area contributed by atoms with Crippen molar-refractivity contribution in [2.24, 2.45) is 0 Å². The van der Waals surface area contributed by atoms with Crippen molar-refractivity contribution in [3.05, 3.63) is 90.0 Å². The predicted octanol–water partition coefficient (Wildman–Crippen LogP) is 6.95. The van der Waals surface area contributed by atoms with Gasteiger partial charge in [0.05, 0.1) is 0 Å². The van der Waals surface area contributed by atoms with Gasteiger partial charge in [-0.1, -0.05) is 73.2 Å². The average molecular weight is 346 g/mol. The molecule has 2 rings (SSSR count). The molecule has 0 radical (unpaired) electrons. The van der Waals surface area contributed by atoms with Gasteiger partial charge in [0.25, 0.3) is 0 Å². The average Bonchev–Trinajstić information content (AvgIpc) is 2.64. The topological polar surface area (TPSA) is 23.9 Å². The van der Waals surface area contributed by atoms with Crippen LogP contribution in [0, 0.1) is 12.3 Å². The monoisotopic (exact) mass is 345 g/mol. The Balaban J connectivity index is 1.81. The molecule has 0 spiro atoms. The van der Waals surface area contributed by atoms with E-state index in [0.717, 1.165) is 43.4 Å². The van der Waals surface area contributed by atoms with Crippen LogP contribution in [-0.2, 0) is 12.8 Å². The molecule has 0 saturated heterocycles. The maximum atomic E-state index is 8.17. The van der Waals surface area contributed by atoms with Crippen LogP contribution in [0.1, 0.15) is 54.4 Å². The number of hydrogen-bond donors (Lipinski definition) is 1. The highest BCUT2D eigenvalue weighted by molar-refractivity contribution is 5.83. The van der Waals surface area contributed by atoms with Crippen LogP contribution in [-0.4, -0.2) is 5.71 Å². The lowest BCUT2D eigenvalue weighted by atomic mass is 9.96. The third-order valence-electron chi connectivity index (χ3n) is 4.70. The van der Waals surface area contributed by atoms with Crippen molar-refractivity contribution < 1.29 is 0 Å². The van der Waals surface area contributed by atoms with E-state index in [1.807, 2.05) is 6.08 Å². The number of allylic oxidation sites excluding steroid dienone is 2. The number of hydrogen-bond acceptors (Lipinski definition) is 1. The molecule has 0 bridgehead atoms. The van der Waals surface area contributed by atoms with E-state index in [2.05, 4.69) is 68.6 Å². The highest BCUT2D eigenvalue weighted by Gasteiger charge is 2.04. The molecule has 0 unspecified atom stereocenters. The molecule has 26 heavy (non-hydrogen) atoms. The summed E-state index contributed by atoms with van der Waals surface area (Å²) in [6.45, 7) is 10.1. The Morgan fingerprint density at radius 3 is 2.15 bits per heavy atom. The lowest BCUT2D eigenvalue weighted by Gasteiger charge is -2.09. The molecule has 0 aromatic heterocycles. The number of nitrogens with one attached hydrogen (secondary N) is 1. The molecule has 0 saturated carbocycles. The van der Waals surface area contributed by atoms with Gasteiger partial charge in [-0.15, -0.1) is 6.58 Å². The molecule has 0 aliphatic rings. The quantitative estimate of drug-likeness (QED) is 0.259. The third kappa shape index (κ3) is 6.84. The number of unbranched alkanes of at least 4 members (excludes halogenated alkanes) is 3. The minimum Gasteiger partial charge on any atom is -0.309 e. The zero-order valence-corrected chi connectivity index (χ0v) is 16.1. The predicted molar refractivity (Wildman–Crippen MR) is 115 cm³/mol. The fourth-order valence-corrected chi connectivity index (χ4v) is 3.05. The van der Waals surface area contributed by atoms with Crippen LogP contribution in [0.2, 0.25) is 0 Å². The van der Waals surface area contributed by atoms with Crippen LogP contribution >= 0.6 is 0 Å². The summed E-state index contributed by atoms with van der Waals surface area (Å²) >= 11 is 0. The second kappa shape index (κ2) is 10.6. The van der Waals surface area contributed by atoms with E-state index in [1.165, 1.54) is 35.1 Å². The smallest absolute Gasteiger partial charge is 0.0133 e. The minimum absolute atomic E-state index is 0.756. The lowest BCUT2D eigenvalue weighted by Crippen LogP contribution is -2.01. The van der Waals surface area contributed by atoms with E-state index in [4.69, 9.17) is 5.41 Å². The summed E-state index contributed by atoms with van der Waals surface area (Å²) in [5.41, 5.74) is 6.94. The maximum Gasteiger partial charge on any atom is 0.0133 e. The fourth-order valence-electron chi connectivity index (χ4n) is 3.05. The first kappa shape index (κ1) is 19.9. The van der Waals surface area contributed by atoms with Crippen molar-refractivity contribution in [1.82, 2.24) is 0 Å². The summed E-state index contributed by atoms with van der Waals surface area (Å²) < 4.78 is 0. The molecule has 0 fully saturated rings. The molecule has 2 aromatic carbocycles. The normalized spacial score (nSPS) is 10.5. The fraction of sp³-hybridized carbons (Fsp3) is 0.320. The van der Waals surface area contributed by atoms with Crippen molar-refractivity contribution in [1.29, 1.82) is 5.41 Å². The van der Waals surface area contributed by atoms with E-state index in [9.17, 15) is 0 Å². The summed E-state index contributed by atoms with van der Waals surface area (Å²) in [5, 5.41) is 8.17. The van der Waals surface area contributed by atoms with Gasteiger partial charge < -0.3 is 5.41 Å². The lowest BCUT2D eigenvalue weighted by molar-refractivity contribution is 0.703. The Morgan fingerprint density at radius 2 is 1.50 bits per heavy atom. The van der Waals surface area contributed by atoms with Crippen LogP contribution in [0.3, 0.4) is 0 Å². The highest BCUT2D eigenvalue weighted by Crippen LogP contribution is 2.19.